The van der Waals surface area contributed by atoms with Gasteiger partial charge in [-0.3, -0.25) is 0 Å². The van der Waals surface area contributed by atoms with Gasteiger partial charge in [-0.1, -0.05) is 19.1 Å². The molecule has 1 aliphatic carbocycles. The molecule has 0 unspecified atom stereocenters. The van der Waals surface area contributed by atoms with Gasteiger partial charge in [0.1, 0.15) is 0 Å². The van der Waals surface area contributed by atoms with Crippen LogP contribution in [0.1, 0.15) is 40.5 Å². The summed E-state index contributed by atoms with van der Waals surface area (Å²) in [6, 6.07) is 0. The first kappa shape index (κ1) is 11.2. The van der Waals surface area contributed by atoms with Crippen molar-refractivity contribution in [1.29, 1.82) is 0 Å². The van der Waals surface area contributed by atoms with E-state index in [0.717, 1.165) is 12.8 Å². The molecule has 1 heterocycles. The van der Waals surface area contributed by atoms with E-state index in [2.05, 4.69) is 34.3 Å². The molecule has 0 bridgehead atoms. The smallest absolute Gasteiger partial charge is 0.170 e. The fraction of sp³-hybridized carbons (Fsp3) is 0.846. The van der Waals surface area contributed by atoms with Crippen LogP contribution in [-0.2, 0) is 9.47 Å². The van der Waals surface area contributed by atoms with Crippen molar-refractivity contribution >= 4 is 0 Å². The van der Waals surface area contributed by atoms with E-state index in [1.54, 1.807) is 0 Å². The zero-order valence-corrected chi connectivity index (χ0v) is 10.2. The molecule has 15 heavy (non-hydrogen) atoms. The maximum absolute atomic E-state index is 6.01. The second-order valence-electron chi connectivity index (χ2n) is 5.40. The van der Waals surface area contributed by atoms with E-state index >= 15 is 0 Å². The molecule has 2 nitrogen and oxygen atoms in total. The van der Waals surface area contributed by atoms with Crippen LogP contribution in [-0.4, -0.2) is 18.0 Å². The lowest BCUT2D eigenvalue weighted by atomic mass is 9.92. The quantitative estimate of drug-likeness (QED) is 0.619. The molecule has 0 aromatic carbocycles. The highest BCUT2D eigenvalue weighted by Gasteiger charge is 2.51. The fourth-order valence-electron chi connectivity index (χ4n) is 3.00. The number of rotatable bonds is 1. The van der Waals surface area contributed by atoms with Gasteiger partial charge < -0.3 is 9.47 Å². The standard InChI is InChI=1S/C13H22O2/c1-8(2)12-7-13(6-9(12)3)14-10(4)11(5)15-13/h9-12H,1,6-7H2,2-5H3/t9-,10+,11+,12+/m0/s1. The lowest BCUT2D eigenvalue weighted by Crippen LogP contribution is -2.27. The van der Waals surface area contributed by atoms with Crippen LogP contribution in [0, 0.1) is 11.8 Å². The first-order valence-electron chi connectivity index (χ1n) is 5.94. The van der Waals surface area contributed by atoms with Crippen molar-refractivity contribution in [2.45, 2.75) is 58.5 Å². The molecular weight excluding hydrogens is 188 g/mol. The highest BCUT2D eigenvalue weighted by Crippen LogP contribution is 2.49. The summed E-state index contributed by atoms with van der Waals surface area (Å²) in [6.45, 7) is 12.6. The van der Waals surface area contributed by atoms with Gasteiger partial charge in [0.15, 0.2) is 5.79 Å². The van der Waals surface area contributed by atoms with Crippen molar-refractivity contribution < 1.29 is 9.47 Å². The van der Waals surface area contributed by atoms with Gasteiger partial charge in [0.05, 0.1) is 12.2 Å². The summed E-state index contributed by atoms with van der Waals surface area (Å²) in [5.41, 5.74) is 1.26. The van der Waals surface area contributed by atoms with E-state index in [-0.39, 0.29) is 18.0 Å². The van der Waals surface area contributed by atoms with Crippen molar-refractivity contribution in [2.75, 3.05) is 0 Å². The maximum atomic E-state index is 6.01. The number of hydrogen-bond acceptors (Lipinski definition) is 2. The minimum absolute atomic E-state index is 0.223. The predicted molar refractivity (Wildman–Crippen MR) is 60.5 cm³/mol. The zero-order valence-electron chi connectivity index (χ0n) is 10.2. The molecule has 0 radical (unpaired) electrons. The number of hydrogen-bond donors (Lipinski definition) is 0. The summed E-state index contributed by atoms with van der Waals surface area (Å²) in [4.78, 5) is 0. The molecule has 0 amide bonds. The first-order chi connectivity index (χ1) is 6.93. The SMILES string of the molecule is C=C(C)[C@H]1CC2(C[C@@H]1C)O[C@H](C)[C@@H](C)O2. The van der Waals surface area contributed by atoms with Gasteiger partial charge in [-0.25, -0.2) is 0 Å². The topological polar surface area (TPSA) is 18.5 Å². The Bertz CT molecular complexity index is 262. The van der Waals surface area contributed by atoms with Gasteiger partial charge in [0.25, 0.3) is 0 Å². The Morgan fingerprint density at radius 1 is 1.13 bits per heavy atom. The third kappa shape index (κ3) is 1.85. The van der Waals surface area contributed by atoms with E-state index in [9.17, 15) is 0 Å². The normalized spacial score (nSPS) is 43.7. The molecule has 2 heteroatoms. The number of ether oxygens (including phenoxy) is 2. The van der Waals surface area contributed by atoms with Crippen molar-refractivity contribution in [2.24, 2.45) is 11.8 Å². The van der Waals surface area contributed by atoms with Crippen LogP contribution in [0.5, 0.6) is 0 Å². The largest absolute Gasteiger partial charge is 0.344 e. The van der Waals surface area contributed by atoms with Crippen molar-refractivity contribution in [3.63, 3.8) is 0 Å². The second kappa shape index (κ2) is 3.60. The van der Waals surface area contributed by atoms with Crippen LogP contribution in [0.3, 0.4) is 0 Å². The Kier molecular flexibility index (Phi) is 2.68. The molecule has 0 N–H and O–H groups in total. The van der Waals surface area contributed by atoms with E-state index in [0.29, 0.717) is 11.8 Å². The molecular formula is C13H22O2. The van der Waals surface area contributed by atoms with Gasteiger partial charge >= 0.3 is 0 Å². The van der Waals surface area contributed by atoms with Crippen LogP contribution < -0.4 is 0 Å². The van der Waals surface area contributed by atoms with Crippen LogP contribution in [0.15, 0.2) is 12.2 Å². The highest BCUT2D eigenvalue weighted by atomic mass is 16.8. The van der Waals surface area contributed by atoms with E-state index < -0.39 is 0 Å². The Balaban J connectivity index is 2.11. The van der Waals surface area contributed by atoms with Crippen molar-refractivity contribution in [3.8, 4) is 0 Å². The summed E-state index contributed by atoms with van der Waals surface area (Å²) in [6.07, 6.45) is 2.44. The molecule has 1 spiro atoms. The van der Waals surface area contributed by atoms with E-state index in [4.69, 9.17) is 9.47 Å². The molecule has 4 atom stereocenters. The summed E-state index contributed by atoms with van der Waals surface area (Å²) in [7, 11) is 0. The minimum atomic E-state index is -0.304. The summed E-state index contributed by atoms with van der Waals surface area (Å²) < 4.78 is 12.0. The minimum Gasteiger partial charge on any atom is -0.344 e. The van der Waals surface area contributed by atoms with Gasteiger partial charge in [-0.2, -0.15) is 0 Å². The molecule has 1 aliphatic heterocycles. The molecule has 1 saturated heterocycles. The van der Waals surface area contributed by atoms with Gasteiger partial charge in [-0.15, -0.1) is 0 Å². The Morgan fingerprint density at radius 3 is 2.07 bits per heavy atom. The average Bonchev–Trinajstić information content (AvgIpc) is 2.55. The lowest BCUT2D eigenvalue weighted by Gasteiger charge is -2.22. The first-order valence-corrected chi connectivity index (χ1v) is 5.94. The van der Waals surface area contributed by atoms with Crippen LogP contribution in [0.2, 0.25) is 0 Å². The van der Waals surface area contributed by atoms with Crippen molar-refractivity contribution in [1.82, 2.24) is 0 Å². The third-order valence-corrected chi connectivity index (χ3v) is 3.95. The Morgan fingerprint density at radius 2 is 1.67 bits per heavy atom. The molecule has 2 fully saturated rings. The lowest BCUT2D eigenvalue weighted by molar-refractivity contribution is -0.169. The van der Waals surface area contributed by atoms with Crippen LogP contribution in [0.4, 0.5) is 0 Å². The van der Waals surface area contributed by atoms with E-state index in [1.807, 2.05) is 0 Å². The summed E-state index contributed by atoms with van der Waals surface area (Å²) in [5, 5.41) is 0. The molecule has 2 aliphatic rings. The molecule has 0 aromatic rings. The highest BCUT2D eigenvalue weighted by molar-refractivity contribution is 5.06. The molecule has 2 rings (SSSR count). The second-order valence-corrected chi connectivity index (χ2v) is 5.40. The zero-order chi connectivity index (χ0) is 11.2. The van der Waals surface area contributed by atoms with E-state index in [1.165, 1.54) is 5.57 Å². The average molecular weight is 210 g/mol. The predicted octanol–water partition coefficient (Wildman–Crippen LogP) is 3.13. The monoisotopic (exact) mass is 210 g/mol. The summed E-state index contributed by atoms with van der Waals surface area (Å²) >= 11 is 0. The molecule has 0 aromatic heterocycles. The summed E-state index contributed by atoms with van der Waals surface area (Å²) in [5.74, 6) is 0.879. The molecule has 86 valence electrons. The third-order valence-electron chi connectivity index (χ3n) is 3.95. The van der Waals surface area contributed by atoms with Gasteiger partial charge in [0, 0.05) is 12.8 Å². The van der Waals surface area contributed by atoms with Gasteiger partial charge in [0.2, 0.25) is 0 Å². The Hall–Kier alpha value is -0.340. The van der Waals surface area contributed by atoms with Crippen LogP contribution >= 0.6 is 0 Å². The Labute approximate surface area is 92.6 Å². The number of allylic oxidation sites excluding steroid dienone is 1. The molecule has 1 saturated carbocycles. The fourth-order valence-corrected chi connectivity index (χ4v) is 3.00. The van der Waals surface area contributed by atoms with Crippen molar-refractivity contribution in [3.05, 3.63) is 12.2 Å². The van der Waals surface area contributed by atoms with Crippen LogP contribution in [0.25, 0.3) is 0 Å². The maximum Gasteiger partial charge on any atom is 0.170 e. The van der Waals surface area contributed by atoms with Gasteiger partial charge in [-0.05, 0) is 32.6 Å².